The average Bonchev–Trinajstić information content (AvgIpc) is 2.54. The lowest BCUT2D eigenvalue weighted by Gasteiger charge is -2.12. The molecule has 0 aromatic heterocycles. The van der Waals surface area contributed by atoms with E-state index in [0.717, 1.165) is 17.7 Å². The van der Waals surface area contributed by atoms with Crippen molar-refractivity contribution in [1.82, 2.24) is 5.32 Å². The fourth-order valence-electron chi connectivity index (χ4n) is 2.15. The van der Waals surface area contributed by atoms with Crippen molar-refractivity contribution in [2.75, 3.05) is 6.54 Å². The number of carbonyl (C=O) groups is 1. The number of benzene rings is 2. The zero-order chi connectivity index (χ0) is 17.7. The first-order valence-corrected chi connectivity index (χ1v) is 8.11. The van der Waals surface area contributed by atoms with Crippen LogP contribution in [0.4, 0.5) is 8.78 Å². The lowest BCUT2D eigenvalue weighted by molar-refractivity contribution is -0.682. The summed E-state index contributed by atoms with van der Waals surface area (Å²) in [4.78, 5) is 11.9. The zero-order valence-electron chi connectivity index (χ0n) is 13.0. The van der Waals surface area contributed by atoms with Crippen molar-refractivity contribution < 1.29 is 18.9 Å². The molecule has 0 radical (unpaired) electrons. The third kappa shape index (κ3) is 5.16. The van der Waals surface area contributed by atoms with E-state index in [9.17, 15) is 13.6 Å². The van der Waals surface area contributed by atoms with Crippen molar-refractivity contribution in [3.63, 3.8) is 0 Å². The van der Waals surface area contributed by atoms with Crippen LogP contribution in [0, 0.1) is 11.6 Å². The van der Waals surface area contributed by atoms with Crippen LogP contribution in [0.5, 0.6) is 0 Å². The number of hydrogen-bond donors (Lipinski definition) is 2. The van der Waals surface area contributed by atoms with Gasteiger partial charge in [0.1, 0.15) is 6.04 Å². The second-order valence-corrected chi connectivity index (χ2v) is 6.26. The van der Waals surface area contributed by atoms with Gasteiger partial charge in [0.05, 0.1) is 0 Å². The number of nitrogens with two attached hydrogens (primary N) is 1. The third-order valence-corrected chi connectivity index (χ3v) is 4.20. The third-order valence-electron chi connectivity index (χ3n) is 3.62. The minimum absolute atomic E-state index is 0.158. The van der Waals surface area contributed by atoms with Crippen LogP contribution in [0.3, 0.4) is 0 Å². The molecular formula is C17H17Cl2F2N2O+. The standard InChI is InChI=1S/C17H16Cl2F2N2O/c1-10(11-3-5-15(20)16(21)6-11)22-9-17(24)23-8-12-2-4-13(18)7-14(12)19/h2-7,10,22H,8-9H2,1H3,(H,23,24)/p+1/t10-/m0/s1. The monoisotopic (exact) mass is 373 g/mol. The minimum Gasteiger partial charge on any atom is -0.347 e. The summed E-state index contributed by atoms with van der Waals surface area (Å²) in [6.07, 6.45) is 0. The highest BCUT2D eigenvalue weighted by Crippen LogP contribution is 2.20. The highest BCUT2D eigenvalue weighted by atomic mass is 35.5. The molecule has 0 aliphatic rings. The van der Waals surface area contributed by atoms with Crippen molar-refractivity contribution in [2.45, 2.75) is 19.5 Å². The van der Waals surface area contributed by atoms with Crippen LogP contribution in [0.1, 0.15) is 24.1 Å². The van der Waals surface area contributed by atoms with Crippen LogP contribution in [-0.2, 0) is 11.3 Å². The van der Waals surface area contributed by atoms with Crippen LogP contribution in [0.15, 0.2) is 36.4 Å². The summed E-state index contributed by atoms with van der Waals surface area (Å²) in [5.74, 6) is -1.96. The second-order valence-electron chi connectivity index (χ2n) is 5.41. The molecule has 0 unspecified atom stereocenters. The Labute approximate surface area is 149 Å². The molecule has 0 heterocycles. The van der Waals surface area contributed by atoms with E-state index in [2.05, 4.69) is 5.32 Å². The maximum atomic E-state index is 13.2. The van der Waals surface area contributed by atoms with Gasteiger partial charge in [0.15, 0.2) is 18.2 Å². The number of amides is 1. The Morgan fingerprint density at radius 2 is 1.92 bits per heavy atom. The van der Waals surface area contributed by atoms with Gasteiger partial charge < -0.3 is 10.6 Å². The van der Waals surface area contributed by atoms with Gasteiger partial charge in [0.25, 0.3) is 5.91 Å². The van der Waals surface area contributed by atoms with E-state index >= 15 is 0 Å². The van der Waals surface area contributed by atoms with E-state index in [1.54, 1.807) is 23.5 Å². The van der Waals surface area contributed by atoms with E-state index in [-0.39, 0.29) is 18.5 Å². The van der Waals surface area contributed by atoms with Gasteiger partial charge in [-0.3, -0.25) is 4.79 Å². The molecule has 3 nitrogen and oxygen atoms in total. The molecule has 24 heavy (non-hydrogen) atoms. The Bertz CT molecular complexity index is 741. The smallest absolute Gasteiger partial charge is 0.275 e. The Hall–Kier alpha value is -1.69. The predicted octanol–water partition coefficient (Wildman–Crippen LogP) is 3.21. The summed E-state index contributed by atoms with van der Waals surface area (Å²) in [5, 5.41) is 5.52. The van der Waals surface area contributed by atoms with Crippen molar-refractivity contribution in [2.24, 2.45) is 0 Å². The summed E-state index contributed by atoms with van der Waals surface area (Å²) >= 11 is 11.9. The van der Waals surface area contributed by atoms with Crippen molar-refractivity contribution in [1.29, 1.82) is 0 Å². The van der Waals surface area contributed by atoms with Crippen LogP contribution in [0.25, 0.3) is 0 Å². The van der Waals surface area contributed by atoms with Gasteiger partial charge in [0, 0.05) is 22.2 Å². The SMILES string of the molecule is C[C@H]([NH2+]CC(=O)NCc1ccc(Cl)cc1Cl)c1ccc(F)c(F)c1. The lowest BCUT2D eigenvalue weighted by Crippen LogP contribution is -2.87. The lowest BCUT2D eigenvalue weighted by atomic mass is 10.1. The molecule has 1 amide bonds. The number of rotatable bonds is 6. The summed E-state index contributed by atoms with van der Waals surface area (Å²) < 4.78 is 26.1. The first-order valence-electron chi connectivity index (χ1n) is 7.35. The van der Waals surface area contributed by atoms with Gasteiger partial charge in [-0.1, -0.05) is 29.3 Å². The van der Waals surface area contributed by atoms with Crippen LogP contribution in [-0.4, -0.2) is 12.5 Å². The molecule has 7 heteroatoms. The molecule has 0 fully saturated rings. The summed E-state index contributed by atoms with van der Waals surface area (Å²) in [7, 11) is 0. The van der Waals surface area contributed by atoms with E-state index in [1.807, 2.05) is 6.92 Å². The number of quaternary nitrogens is 1. The molecule has 2 aromatic rings. The Morgan fingerprint density at radius 3 is 2.58 bits per heavy atom. The number of hydrogen-bond acceptors (Lipinski definition) is 1. The Morgan fingerprint density at radius 1 is 1.17 bits per heavy atom. The van der Waals surface area contributed by atoms with E-state index < -0.39 is 11.6 Å². The fraction of sp³-hybridized carbons (Fsp3) is 0.235. The molecule has 128 valence electrons. The molecule has 2 aromatic carbocycles. The number of carbonyl (C=O) groups excluding carboxylic acids is 1. The summed E-state index contributed by atoms with van der Waals surface area (Å²) in [5.41, 5.74) is 1.38. The van der Waals surface area contributed by atoms with Gasteiger partial charge in [-0.2, -0.15) is 0 Å². The normalized spacial score (nSPS) is 12.0. The molecule has 0 saturated carbocycles. The molecule has 0 aliphatic carbocycles. The largest absolute Gasteiger partial charge is 0.347 e. The van der Waals surface area contributed by atoms with Crippen molar-refractivity contribution >= 4 is 29.1 Å². The first-order chi connectivity index (χ1) is 11.4. The maximum Gasteiger partial charge on any atom is 0.275 e. The van der Waals surface area contributed by atoms with Crippen molar-refractivity contribution in [3.05, 3.63) is 69.2 Å². The topological polar surface area (TPSA) is 45.7 Å². The first kappa shape index (κ1) is 18.6. The van der Waals surface area contributed by atoms with E-state index in [0.29, 0.717) is 22.2 Å². The fourth-order valence-corrected chi connectivity index (χ4v) is 2.62. The molecule has 0 saturated heterocycles. The Balaban J connectivity index is 1.83. The van der Waals surface area contributed by atoms with Gasteiger partial charge in [-0.05, 0) is 42.8 Å². The summed E-state index contributed by atoms with van der Waals surface area (Å²) in [6, 6.07) is 8.61. The van der Waals surface area contributed by atoms with Crippen molar-refractivity contribution in [3.8, 4) is 0 Å². The van der Waals surface area contributed by atoms with Gasteiger partial charge >= 0.3 is 0 Å². The quantitative estimate of drug-likeness (QED) is 0.802. The van der Waals surface area contributed by atoms with Gasteiger partial charge in [0.2, 0.25) is 0 Å². The molecule has 2 rings (SSSR count). The van der Waals surface area contributed by atoms with E-state index in [1.165, 1.54) is 6.07 Å². The molecule has 0 bridgehead atoms. The van der Waals surface area contributed by atoms with Crippen LogP contribution < -0.4 is 10.6 Å². The van der Waals surface area contributed by atoms with Gasteiger partial charge in [-0.25, -0.2) is 8.78 Å². The number of nitrogens with one attached hydrogen (secondary N) is 1. The highest BCUT2D eigenvalue weighted by Gasteiger charge is 2.14. The second kappa shape index (κ2) is 8.42. The Kier molecular flexibility index (Phi) is 6.54. The van der Waals surface area contributed by atoms with E-state index in [4.69, 9.17) is 23.2 Å². The number of halogens is 4. The van der Waals surface area contributed by atoms with Crippen LogP contribution in [0.2, 0.25) is 10.0 Å². The minimum atomic E-state index is -0.894. The molecule has 1 atom stereocenters. The zero-order valence-corrected chi connectivity index (χ0v) is 14.5. The molecule has 3 N–H and O–H groups in total. The highest BCUT2D eigenvalue weighted by molar-refractivity contribution is 6.35. The average molecular weight is 374 g/mol. The summed E-state index contributed by atoms with van der Waals surface area (Å²) in [6.45, 7) is 2.27. The molecule has 0 aliphatic heterocycles. The van der Waals surface area contributed by atoms with Crippen LogP contribution >= 0.6 is 23.2 Å². The maximum absolute atomic E-state index is 13.2. The van der Waals surface area contributed by atoms with Gasteiger partial charge in [-0.15, -0.1) is 0 Å². The predicted molar refractivity (Wildman–Crippen MR) is 89.9 cm³/mol. The molecular weight excluding hydrogens is 357 g/mol. The molecule has 0 spiro atoms.